The van der Waals surface area contributed by atoms with Crippen molar-refractivity contribution < 1.29 is 13.2 Å². The number of benzene rings is 1. The molecule has 0 aliphatic carbocycles. The van der Waals surface area contributed by atoms with Crippen LogP contribution in [0.2, 0.25) is 0 Å². The minimum absolute atomic E-state index is 0. The second-order valence-electron chi connectivity index (χ2n) is 5.18. The van der Waals surface area contributed by atoms with E-state index in [1.165, 1.54) is 6.07 Å². The Balaban J connectivity index is 0.00000132. The van der Waals surface area contributed by atoms with Gasteiger partial charge in [0.25, 0.3) is 0 Å². The first kappa shape index (κ1) is 19.7. The molecule has 0 unspecified atom stereocenters. The lowest BCUT2D eigenvalue weighted by atomic mass is 10.2. The van der Waals surface area contributed by atoms with Crippen molar-refractivity contribution in [3.8, 4) is 0 Å². The van der Waals surface area contributed by atoms with E-state index in [0.717, 1.165) is 31.8 Å². The van der Waals surface area contributed by atoms with Crippen molar-refractivity contribution in [2.75, 3.05) is 24.5 Å². The van der Waals surface area contributed by atoms with Gasteiger partial charge in [0.05, 0.1) is 22.8 Å². The van der Waals surface area contributed by atoms with Gasteiger partial charge in [0.2, 0.25) is 0 Å². The summed E-state index contributed by atoms with van der Waals surface area (Å²) in [4.78, 5) is 10.7. The van der Waals surface area contributed by atoms with Gasteiger partial charge in [0.1, 0.15) is 5.82 Å². The molecular formula is C14H17Cl2F3N4. The number of nitrogens with one attached hydrogen (secondary N) is 1. The maximum absolute atomic E-state index is 12.7. The van der Waals surface area contributed by atoms with Gasteiger partial charge in [0, 0.05) is 25.7 Å². The van der Waals surface area contributed by atoms with Crippen LogP contribution in [-0.2, 0) is 6.18 Å². The lowest BCUT2D eigenvalue weighted by Crippen LogP contribution is -2.50. The van der Waals surface area contributed by atoms with Crippen molar-refractivity contribution in [1.82, 2.24) is 15.3 Å². The van der Waals surface area contributed by atoms with Gasteiger partial charge in [-0.25, -0.2) is 4.98 Å². The highest BCUT2D eigenvalue weighted by Gasteiger charge is 2.30. The van der Waals surface area contributed by atoms with Crippen molar-refractivity contribution in [2.24, 2.45) is 0 Å². The standard InChI is InChI=1S/C14H15F3N4.2ClH/c1-9-7-18-4-5-21(9)13-8-19-12-6-10(14(15,16)17)2-3-11(12)20-13;;/h2-3,6,8-9,18H,4-5,7H2,1H3;2*1H/t9-;;/m0../s1. The van der Waals surface area contributed by atoms with E-state index in [2.05, 4.69) is 27.1 Å². The summed E-state index contributed by atoms with van der Waals surface area (Å²) in [7, 11) is 0. The van der Waals surface area contributed by atoms with Crippen molar-refractivity contribution in [1.29, 1.82) is 0 Å². The molecule has 1 N–H and O–H groups in total. The zero-order chi connectivity index (χ0) is 15.0. The highest BCUT2D eigenvalue weighted by Crippen LogP contribution is 2.31. The maximum atomic E-state index is 12.7. The van der Waals surface area contributed by atoms with Crippen LogP contribution in [0.3, 0.4) is 0 Å². The van der Waals surface area contributed by atoms with E-state index in [0.29, 0.717) is 11.3 Å². The molecule has 0 spiro atoms. The zero-order valence-corrected chi connectivity index (χ0v) is 13.9. The van der Waals surface area contributed by atoms with Gasteiger partial charge in [-0.05, 0) is 25.1 Å². The van der Waals surface area contributed by atoms with Crippen LogP contribution >= 0.6 is 24.8 Å². The predicted octanol–water partition coefficient (Wildman–Crippen LogP) is 3.29. The van der Waals surface area contributed by atoms with Gasteiger partial charge < -0.3 is 10.2 Å². The normalized spacial score (nSPS) is 18.3. The smallest absolute Gasteiger partial charge is 0.350 e. The molecule has 2 aromatic rings. The first-order valence-electron chi connectivity index (χ1n) is 6.76. The molecular weight excluding hydrogens is 352 g/mol. The minimum Gasteiger partial charge on any atom is -0.350 e. The van der Waals surface area contributed by atoms with E-state index >= 15 is 0 Å². The number of piperazine rings is 1. The molecule has 23 heavy (non-hydrogen) atoms. The fourth-order valence-corrected chi connectivity index (χ4v) is 2.50. The van der Waals surface area contributed by atoms with Crippen LogP contribution < -0.4 is 10.2 Å². The Morgan fingerprint density at radius 3 is 2.61 bits per heavy atom. The zero-order valence-electron chi connectivity index (χ0n) is 12.3. The monoisotopic (exact) mass is 368 g/mol. The molecule has 1 fully saturated rings. The van der Waals surface area contributed by atoms with Crippen LogP contribution in [0.15, 0.2) is 24.4 Å². The molecule has 0 saturated carbocycles. The van der Waals surface area contributed by atoms with Crippen LogP contribution in [0.5, 0.6) is 0 Å². The molecule has 4 nitrogen and oxygen atoms in total. The summed E-state index contributed by atoms with van der Waals surface area (Å²) in [6, 6.07) is 3.73. The van der Waals surface area contributed by atoms with Crippen molar-refractivity contribution in [2.45, 2.75) is 19.1 Å². The number of alkyl halides is 3. The van der Waals surface area contributed by atoms with E-state index in [1.807, 2.05) is 0 Å². The summed E-state index contributed by atoms with van der Waals surface area (Å²) in [6.07, 6.45) is -2.81. The fraction of sp³-hybridized carbons (Fsp3) is 0.429. The summed E-state index contributed by atoms with van der Waals surface area (Å²) in [5.41, 5.74) is 0.0372. The lowest BCUT2D eigenvalue weighted by Gasteiger charge is -2.34. The van der Waals surface area contributed by atoms with E-state index in [1.54, 1.807) is 6.20 Å². The number of aromatic nitrogens is 2. The van der Waals surface area contributed by atoms with Gasteiger partial charge in [-0.1, -0.05) is 0 Å². The molecule has 1 saturated heterocycles. The van der Waals surface area contributed by atoms with Crippen LogP contribution in [-0.4, -0.2) is 35.6 Å². The van der Waals surface area contributed by atoms with E-state index < -0.39 is 11.7 Å². The Kier molecular flexibility index (Phi) is 6.44. The first-order valence-corrected chi connectivity index (χ1v) is 6.76. The molecule has 9 heteroatoms. The molecule has 1 atom stereocenters. The lowest BCUT2D eigenvalue weighted by molar-refractivity contribution is -0.137. The third-order valence-corrected chi connectivity index (χ3v) is 3.65. The number of fused-ring (bicyclic) bond motifs is 1. The van der Waals surface area contributed by atoms with Gasteiger partial charge in [-0.2, -0.15) is 13.2 Å². The average Bonchev–Trinajstić information content (AvgIpc) is 2.46. The maximum Gasteiger partial charge on any atom is 0.416 e. The van der Waals surface area contributed by atoms with E-state index in [9.17, 15) is 13.2 Å². The molecule has 0 radical (unpaired) electrons. The molecule has 3 rings (SSSR count). The third kappa shape index (κ3) is 4.16. The third-order valence-electron chi connectivity index (χ3n) is 3.65. The molecule has 1 aliphatic heterocycles. The fourth-order valence-electron chi connectivity index (χ4n) is 2.50. The number of hydrogen-bond acceptors (Lipinski definition) is 4. The predicted molar refractivity (Wildman–Crippen MR) is 88.7 cm³/mol. The number of nitrogens with zero attached hydrogens (tertiary/aromatic N) is 3. The van der Waals surface area contributed by atoms with Gasteiger partial charge in [0.15, 0.2) is 0 Å². The SMILES string of the molecule is C[C@H]1CNCCN1c1cnc2cc(C(F)(F)F)ccc2n1.Cl.Cl. The average molecular weight is 369 g/mol. The summed E-state index contributed by atoms with van der Waals surface area (Å²) in [6.45, 7) is 4.59. The molecule has 0 bridgehead atoms. The first-order chi connectivity index (χ1) is 9.95. The van der Waals surface area contributed by atoms with E-state index in [4.69, 9.17) is 0 Å². The second-order valence-corrected chi connectivity index (χ2v) is 5.18. The quantitative estimate of drug-likeness (QED) is 0.838. The summed E-state index contributed by atoms with van der Waals surface area (Å²) in [5, 5.41) is 3.28. The molecule has 0 amide bonds. The van der Waals surface area contributed by atoms with Crippen LogP contribution in [0.4, 0.5) is 19.0 Å². The highest BCUT2D eigenvalue weighted by molar-refractivity contribution is 5.85. The van der Waals surface area contributed by atoms with Gasteiger partial charge in [-0.3, -0.25) is 4.98 Å². The van der Waals surface area contributed by atoms with Crippen LogP contribution in [0.1, 0.15) is 12.5 Å². The second kappa shape index (κ2) is 7.51. The van der Waals surface area contributed by atoms with Crippen molar-refractivity contribution in [3.63, 3.8) is 0 Å². The summed E-state index contributed by atoms with van der Waals surface area (Å²) in [5.74, 6) is 0.705. The van der Waals surface area contributed by atoms with Crippen molar-refractivity contribution in [3.05, 3.63) is 30.0 Å². The molecule has 1 aliphatic rings. The van der Waals surface area contributed by atoms with Gasteiger partial charge >= 0.3 is 6.18 Å². The van der Waals surface area contributed by atoms with Crippen LogP contribution in [0, 0.1) is 0 Å². The Labute approximate surface area is 144 Å². The Bertz CT molecular complexity index is 666. The Morgan fingerprint density at radius 1 is 1.22 bits per heavy atom. The van der Waals surface area contributed by atoms with Crippen LogP contribution in [0.25, 0.3) is 11.0 Å². The topological polar surface area (TPSA) is 41.0 Å². The van der Waals surface area contributed by atoms with E-state index in [-0.39, 0.29) is 36.4 Å². The number of rotatable bonds is 1. The number of hydrogen-bond donors (Lipinski definition) is 1. The number of halogens is 5. The number of anilines is 1. The molecule has 1 aromatic heterocycles. The largest absolute Gasteiger partial charge is 0.416 e. The Morgan fingerprint density at radius 2 is 1.96 bits per heavy atom. The summed E-state index contributed by atoms with van der Waals surface area (Å²) < 4.78 is 38.0. The summed E-state index contributed by atoms with van der Waals surface area (Å²) >= 11 is 0. The minimum atomic E-state index is -4.36. The molecule has 128 valence electrons. The Hall–Kier alpha value is -1.31. The van der Waals surface area contributed by atoms with Gasteiger partial charge in [-0.15, -0.1) is 24.8 Å². The highest BCUT2D eigenvalue weighted by atomic mass is 35.5. The molecule has 2 heterocycles. The molecule has 1 aromatic carbocycles. The van der Waals surface area contributed by atoms with Crippen molar-refractivity contribution >= 4 is 41.7 Å².